The van der Waals surface area contributed by atoms with Gasteiger partial charge < -0.3 is 0 Å². The molecule has 0 saturated carbocycles. The summed E-state index contributed by atoms with van der Waals surface area (Å²) in [6.07, 6.45) is 3.43. The Hall–Kier alpha value is -3.11. The molecule has 1 unspecified atom stereocenters. The van der Waals surface area contributed by atoms with Crippen LogP contribution in [0.15, 0.2) is 60.0 Å². The van der Waals surface area contributed by atoms with Gasteiger partial charge in [-0.15, -0.1) is 20.4 Å². The zero-order valence-corrected chi connectivity index (χ0v) is 17.3. The molecule has 4 rings (SSSR count). The van der Waals surface area contributed by atoms with Crippen LogP contribution in [0.5, 0.6) is 0 Å². The molecule has 0 aliphatic rings. The Morgan fingerprint density at radius 1 is 1.07 bits per heavy atom. The highest BCUT2D eigenvalue weighted by Gasteiger charge is 2.22. The molecule has 0 radical (unpaired) electrons. The zero-order chi connectivity index (χ0) is 20.2. The molecular weight excluding hydrogens is 406 g/mol. The maximum Gasteiger partial charge on any atom is 0.239 e. The summed E-state index contributed by atoms with van der Waals surface area (Å²) < 4.78 is 1.94. The van der Waals surface area contributed by atoms with E-state index < -0.39 is 5.25 Å². The van der Waals surface area contributed by atoms with Gasteiger partial charge in [0.05, 0.1) is 5.25 Å². The number of pyridine rings is 1. The van der Waals surface area contributed by atoms with Crippen LogP contribution in [0.3, 0.4) is 0 Å². The van der Waals surface area contributed by atoms with Crippen molar-refractivity contribution in [2.45, 2.75) is 24.3 Å². The number of aryl methyl sites for hydroxylation is 1. The first-order valence-electron chi connectivity index (χ1n) is 8.80. The van der Waals surface area contributed by atoms with Crippen LogP contribution < -0.4 is 5.32 Å². The minimum atomic E-state index is -0.406. The van der Waals surface area contributed by atoms with E-state index in [1.807, 2.05) is 60.9 Å². The molecule has 10 heteroatoms. The number of carbonyl (C=O) groups excluding carboxylic acids is 1. The Morgan fingerprint density at radius 2 is 1.83 bits per heavy atom. The first-order chi connectivity index (χ1) is 14.1. The van der Waals surface area contributed by atoms with Crippen molar-refractivity contribution in [3.8, 4) is 17.1 Å². The highest BCUT2D eigenvalue weighted by molar-refractivity contribution is 8.00. The Bertz CT molecular complexity index is 1110. The fraction of sp³-hybridized carbons (Fsp3) is 0.158. The predicted octanol–water partition coefficient (Wildman–Crippen LogP) is 3.61. The summed E-state index contributed by atoms with van der Waals surface area (Å²) in [5.41, 5.74) is 1.81. The number of rotatable bonds is 6. The molecule has 0 fully saturated rings. The molecule has 29 heavy (non-hydrogen) atoms. The number of hydrogen-bond acceptors (Lipinski definition) is 8. The molecule has 3 aromatic heterocycles. The highest BCUT2D eigenvalue weighted by Crippen LogP contribution is 2.30. The van der Waals surface area contributed by atoms with Gasteiger partial charge in [-0.05, 0) is 38.1 Å². The molecule has 3 heterocycles. The molecule has 4 aromatic rings. The van der Waals surface area contributed by atoms with E-state index in [1.165, 1.54) is 23.1 Å². The lowest BCUT2D eigenvalue weighted by Crippen LogP contribution is -2.22. The van der Waals surface area contributed by atoms with Crippen LogP contribution in [0.2, 0.25) is 0 Å². The fourth-order valence-corrected chi connectivity index (χ4v) is 4.07. The van der Waals surface area contributed by atoms with E-state index in [0.717, 1.165) is 16.3 Å². The minimum absolute atomic E-state index is 0.167. The van der Waals surface area contributed by atoms with Crippen molar-refractivity contribution in [2.75, 3.05) is 5.32 Å². The molecule has 0 aliphatic carbocycles. The second-order valence-electron chi connectivity index (χ2n) is 6.09. The molecule has 1 atom stereocenters. The normalized spacial score (nSPS) is 11.9. The van der Waals surface area contributed by atoms with Crippen molar-refractivity contribution < 1.29 is 4.79 Å². The summed E-state index contributed by atoms with van der Waals surface area (Å²) in [6, 6.07) is 13.6. The fourth-order valence-electron chi connectivity index (χ4n) is 2.61. The van der Waals surface area contributed by atoms with Crippen LogP contribution in [-0.2, 0) is 4.79 Å². The van der Waals surface area contributed by atoms with Crippen LogP contribution in [0.25, 0.3) is 17.1 Å². The molecule has 146 valence electrons. The van der Waals surface area contributed by atoms with E-state index in [0.29, 0.717) is 16.1 Å². The van der Waals surface area contributed by atoms with Crippen molar-refractivity contribution in [2.24, 2.45) is 0 Å². The molecule has 1 aromatic carbocycles. The van der Waals surface area contributed by atoms with E-state index in [2.05, 4.69) is 30.7 Å². The van der Waals surface area contributed by atoms with E-state index in [9.17, 15) is 4.79 Å². The van der Waals surface area contributed by atoms with E-state index in [1.54, 1.807) is 12.4 Å². The summed E-state index contributed by atoms with van der Waals surface area (Å²) in [5, 5.41) is 20.9. The number of carbonyl (C=O) groups is 1. The van der Waals surface area contributed by atoms with Crippen molar-refractivity contribution in [3.05, 3.63) is 59.9 Å². The topological polar surface area (TPSA) is 98.5 Å². The SMILES string of the molecule is Cc1nnc(NC(=O)C(C)Sc2nnc(-c3ccncc3)n2-c2ccccc2)s1. The smallest absolute Gasteiger partial charge is 0.239 e. The van der Waals surface area contributed by atoms with Gasteiger partial charge in [-0.1, -0.05) is 41.3 Å². The lowest BCUT2D eigenvalue weighted by atomic mass is 10.2. The number of benzene rings is 1. The van der Waals surface area contributed by atoms with Gasteiger partial charge in [0.1, 0.15) is 5.01 Å². The molecule has 1 N–H and O–H groups in total. The van der Waals surface area contributed by atoms with Gasteiger partial charge in [-0.2, -0.15) is 0 Å². The third kappa shape index (κ3) is 4.33. The first-order valence-corrected chi connectivity index (χ1v) is 10.5. The zero-order valence-electron chi connectivity index (χ0n) is 15.7. The molecule has 1 amide bonds. The number of aromatic nitrogens is 6. The van der Waals surface area contributed by atoms with Crippen LogP contribution in [0.1, 0.15) is 11.9 Å². The maximum atomic E-state index is 12.6. The van der Waals surface area contributed by atoms with Crippen molar-refractivity contribution in [1.82, 2.24) is 29.9 Å². The average Bonchev–Trinajstić information content (AvgIpc) is 3.35. The molecule has 0 saturated heterocycles. The van der Waals surface area contributed by atoms with Crippen molar-refractivity contribution in [1.29, 1.82) is 0 Å². The largest absolute Gasteiger partial charge is 0.300 e. The van der Waals surface area contributed by atoms with Gasteiger partial charge in [0.2, 0.25) is 11.0 Å². The number of amides is 1. The van der Waals surface area contributed by atoms with Crippen LogP contribution in [0.4, 0.5) is 5.13 Å². The number of para-hydroxylation sites is 1. The van der Waals surface area contributed by atoms with E-state index in [4.69, 9.17) is 0 Å². The standard InChI is InChI=1S/C19H17N7OS2/c1-12(17(27)21-18-24-22-13(2)29-18)28-19-25-23-16(14-8-10-20-11-9-14)26(19)15-6-4-3-5-7-15/h3-12H,1-2H3,(H,21,24,27). The third-order valence-corrected chi connectivity index (χ3v) is 5.79. The summed E-state index contributed by atoms with van der Waals surface area (Å²) in [5.74, 6) is 0.521. The Morgan fingerprint density at radius 3 is 2.52 bits per heavy atom. The quantitative estimate of drug-likeness (QED) is 0.473. The average molecular weight is 424 g/mol. The van der Waals surface area contributed by atoms with Gasteiger partial charge in [-0.25, -0.2) is 0 Å². The lowest BCUT2D eigenvalue weighted by Gasteiger charge is -2.13. The summed E-state index contributed by atoms with van der Waals surface area (Å²) in [4.78, 5) is 16.7. The number of hydrogen-bond donors (Lipinski definition) is 1. The van der Waals surface area contributed by atoms with E-state index in [-0.39, 0.29) is 5.91 Å². The summed E-state index contributed by atoms with van der Waals surface area (Å²) in [6.45, 7) is 3.67. The first kappa shape index (κ1) is 19.2. The second kappa shape index (κ2) is 8.50. The Kier molecular flexibility index (Phi) is 5.63. The summed E-state index contributed by atoms with van der Waals surface area (Å²) in [7, 11) is 0. The third-order valence-electron chi connectivity index (χ3n) is 3.99. The maximum absolute atomic E-state index is 12.6. The van der Waals surface area contributed by atoms with Gasteiger partial charge in [-0.3, -0.25) is 19.7 Å². The van der Waals surface area contributed by atoms with Crippen LogP contribution in [-0.4, -0.2) is 41.1 Å². The number of nitrogens with one attached hydrogen (secondary N) is 1. The lowest BCUT2D eigenvalue weighted by molar-refractivity contribution is -0.115. The molecule has 0 bridgehead atoms. The van der Waals surface area contributed by atoms with Gasteiger partial charge in [0.25, 0.3) is 0 Å². The van der Waals surface area contributed by atoms with Gasteiger partial charge in [0.15, 0.2) is 11.0 Å². The van der Waals surface area contributed by atoms with Gasteiger partial charge >= 0.3 is 0 Å². The van der Waals surface area contributed by atoms with Crippen molar-refractivity contribution >= 4 is 34.1 Å². The molecule has 0 aliphatic heterocycles. The predicted molar refractivity (Wildman–Crippen MR) is 113 cm³/mol. The number of nitrogens with zero attached hydrogens (tertiary/aromatic N) is 6. The second-order valence-corrected chi connectivity index (χ2v) is 8.58. The number of anilines is 1. The molecule has 0 spiro atoms. The van der Waals surface area contributed by atoms with Crippen molar-refractivity contribution in [3.63, 3.8) is 0 Å². The monoisotopic (exact) mass is 423 g/mol. The van der Waals surface area contributed by atoms with Gasteiger partial charge in [0, 0.05) is 23.6 Å². The van der Waals surface area contributed by atoms with Crippen LogP contribution in [0, 0.1) is 6.92 Å². The minimum Gasteiger partial charge on any atom is -0.300 e. The molecule has 8 nitrogen and oxygen atoms in total. The van der Waals surface area contributed by atoms with E-state index >= 15 is 0 Å². The molecular formula is C19H17N7OS2. The van der Waals surface area contributed by atoms with Crippen LogP contribution >= 0.6 is 23.1 Å². The number of thioether (sulfide) groups is 1. The Labute approximate surface area is 175 Å². The Balaban J connectivity index is 1.63. The summed E-state index contributed by atoms with van der Waals surface area (Å²) >= 11 is 2.67. The highest BCUT2D eigenvalue weighted by atomic mass is 32.2.